The number of halogens is 1. The Morgan fingerprint density at radius 1 is 1.06 bits per heavy atom. The van der Waals surface area contributed by atoms with Crippen LogP contribution in [0, 0.1) is 0 Å². The van der Waals surface area contributed by atoms with Gasteiger partial charge in [-0.15, -0.1) is 0 Å². The summed E-state index contributed by atoms with van der Waals surface area (Å²) in [7, 11) is -3.93. The zero-order valence-corrected chi connectivity index (χ0v) is 22.3. The summed E-state index contributed by atoms with van der Waals surface area (Å²) in [5.41, 5.74) is 0.955. The summed E-state index contributed by atoms with van der Waals surface area (Å²) in [5, 5.41) is 3.52. The van der Waals surface area contributed by atoms with Crippen molar-refractivity contribution in [2.45, 2.75) is 70.0 Å². The topological polar surface area (TPSA) is 104 Å². The molecule has 194 valence electrons. The van der Waals surface area contributed by atoms with Crippen molar-refractivity contribution in [2.75, 3.05) is 6.54 Å². The zero-order chi connectivity index (χ0) is 26.5. The first kappa shape index (κ1) is 27.7. The van der Waals surface area contributed by atoms with E-state index in [1.54, 1.807) is 36.4 Å². The summed E-state index contributed by atoms with van der Waals surface area (Å²) >= 11 is 6.00. The van der Waals surface area contributed by atoms with Crippen molar-refractivity contribution in [1.82, 2.24) is 14.5 Å². The van der Waals surface area contributed by atoms with Gasteiger partial charge in [0.2, 0.25) is 11.8 Å². The summed E-state index contributed by atoms with van der Waals surface area (Å²) in [6.07, 6.45) is 1.29. The van der Waals surface area contributed by atoms with Crippen molar-refractivity contribution in [2.24, 2.45) is 0 Å². The second-order valence-corrected chi connectivity index (χ2v) is 11.1. The number of nitrogens with zero attached hydrogens (tertiary/aromatic N) is 2. The maximum absolute atomic E-state index is 13.4. The molecule has 1 N–H and O–H groups in total. The first-order valence-electron chi connectivity index (χ1n) is 12.1. The molecule has 3 rings (SSSR count). The van der Waals surface area contributed by atoms with Gasteiger partial charge in [-0.25, -0.2) is 12.7 Å². The van der Waals surface area contributed by atoms with Gasteiger partial charge in [-0.2, -0.15) is 0 Å². The summed E-state index contributed by atoms with van der Waals surface area (Å²) in [6, 6.07) is 12.4. The Labute approximate surface area is 217 Å². The van der Waals surface area contributed by atoms with Gasteiger partial charge < -0.3 is 10.2 Å². The third kappa shape index (κ3) is 6.07. The zero-order valence-electron chi connectivity index (χ0n) is 20.7. The lowest BCUT2D eigenvalue weighted by Crippen LogP contribution is -2.50. The molecule has 0 aromatic heterocycles. The highest BCUT2D eigenvalue weighted by molar-refractivity contribution is 7.90. The second-order valence-electron chi connectivity index (χ2n) is 8.87. The Hall–Kier alpha value is -2.91. The summed E-state index contributed by atoms with van der Waals surface area (Å²) in [4.78, 5) is 40.6. The van der Waals surface area contributed by atoms with Gasteiger partial charge in [-0.3, -0.25) is 14.4 Å². The molecule has 2 unspecified atom stereocenters. The van der Waals surface area contributed by atoms with Crippen LogP contribution in [0.3, 0.4) is 0 Å². The molecule has 8 nitrogen and oxygen atoms in total. The minimum absolute atomic E-state index is 0.0153. The fourth-order valence-electron chi connectivity index (χ4n) is 4.12. The predicted molar refractivity (Wildman–Crippen MR) is 138 cm³/mol. The molecule has 1 heterocycles. The smallest absolute Gasteiger partial charge is 0.269 e. The van der Waals surface area contributed by atoms with E-state index in [-0.39, 0.29) is 54.2 Å². The Morgan fingerprint density at radius 3 is 2.33 bits per heavy atom. The number of carbonyl (C=O) groups excluding carboxylic acids is 3. The number of hydrogen-bond donors (Lipinski definition) is 1. The van der Waals surface area contributed by atoms with E-state index in [1.807, 2.05) is 20.8 Å². The summed E-state index contributed by atoms with van der Waals surface area (Å²) in [6.45, 7) is 5.80. The maximum Gasteiger partial charge on any atom is 0.269 e. The molecule has 0 bridgehead atoms. The molecule has 2 aromatic rings. The molecule has 0 saturated carbocycles. The van der Waals surface area contributed by atoms with E-state index in [4.69, 9.17) is 11.6 Å². The lowest BCUT2D eigenvalue weighted by molar-refractivity contribution is -0.141. The largest absolute Gasteiger partial charge is 0.352 e. The van der Waals surface area contributed by atoms with Crippen LogP contribution in [0.1, 0.15) is 62.4 Å². The highest BCUT2D eigenvalue weighted by Crippen LogP contribution is 2.30. The molecular weight excluding hydrogens is 502 g/mol. The van der Waals surface area contributed by atoms with Crippen molar-refractivity contribution >= 4 is 39.3 Å². The third-order valence-electron chi connectivity index (χ3n) is 6.32. The molecule has 0 radical (unpaired) electrons. The molecule has 1 aliphatic rings. The average molecular weight is 534 g/mol. The molecule has 2 atom stereocenters. The van der Waals surface area contributed by atoms with Crippen molar-refractivity contribution < 1.29 is 22.8 Å². The predicted octanol–water partition coefficient (Wildman–Crippen LogP) is 3.99. The van der Waals surface area contributed by atoms with Crippen LogP contribution in [0.4, 0.5) is 0 Å². The van der Waals surface area contributed by atoms with Gasteiger partial charge >= 0.3 is 0 Å². The van der Waals surface area contributed by atoms with Crippen LogP contribution in [0.5, 0.6) is 0 Å². The highest BCUT2D eigenvalue weighted by Gasteiger charge is 2.40. The Kier molecular flexibility index (Phi) is 9.13. The molecule has 0 spiro atoms. The standard InChI is InChI=1S/C26H32ClN3O5S/c1-4-18(3)28-25(32)22(5-2)29(17-19-12-14-20(27)15-13-19)24(31)11-8-16-30-26(33)21-9-6-7-10-23(21)36(30,34)35/h6-7,9-10,12-15,18,22H,4-5,8,11,16-17H2,1-3H3,(H,28,32). The Balaban J connectivity index is 1.74. The normalized spacial score (nSPS) is 15.8. The lowest BCUT2D eigenvalue weighted by Gasteiger charge is -2.31. The number of benzene rings is 2. The van der Waals surface area contributed by atoms with Crippen LogP contribution in [-0.2, 0) is 26.2 Å². The molecule has 10 heteroatoms. The molecule has 2 aromatic carbocycles. The fraction of sp³-hybridized carbons (Fsp3) is 0.423. The van der Waals surface area contributed by atoms with Gasteiger partial charge in [-0.05, 0) is 56.0 Å². The van der Waals surface area contributed by atoms with E-state index in [0.717, 1.165) is 16.3 Å². The van der Waals surface area contributed by atoms with Crippen LogP contribution in [0.15, 0.2) is 53.4 Å². The van der Waals surface area contributed by atoms with Crippen LogP contribution in [-0.4, -0.2) is 54.0 Å². The summed E-state index contributed by atoms with van der Waals surface area (Å²) in [5.74, 6) is -1.12. The number of nitrogens with one attached hydrogen (secondary N) is 1. The molecule has 3 amide bonds. The third-order valence-corrected chi connectivity index (χ3v) is 8.41. The fourth-order valence-corrected chi connectivity index (χ4v) is 5.85. The van der Waals surface area contributed by atoms with E-state index in [1.165, 1.54) is 17.0 Å². The number of carbonyl (C=O) groups is 3. The van der Waals surface area contributed by atoms with Gasteiger partial charge in [0.15, 0.2) is 0 Å². The van der Waals surface area contributed by atoms with Crippen LogP contribution in [0.2, 0.25) is 5.02 Å². The van der Waals surface area contributed by atoms with Gasteiger partial charge in [0.1, 0.15) is 10.9 Å². The quantitative estimate of drug-likeness (QED) is 0.470. The Morgan fingerprint density at radius 2 is 1.72 bits per heavy atom. The van der Waals surface area contributed by atoms with Crippen molar-refractivity contribution in [3.05, 3.63) is 64.7 Å². The molecular formula is C26H32ClN3O5S. The minimum atomic E-state index is -3.93. The number of hydrogen-bond acceptors (Lipinski definition) is 5. The van der Waals surface area contributed by atoms with Crippen molar-refractivity contribution in [3.8, 4) is 0 Å². The van der Waals surface area contributed by atoms with E-state index < -0.39 is 22.0 Å². The summed E-state index contributed by atoms with van der Waals surface area (Å²) < 4.78 is 26.4. The SMILES string of the molecule is CCC(C)NC(=O)C(CC)N(Cc1ccc(Cl)cc1)C(=O)CCCN1C(=O)c2ccccc2S1(=O)=O. The first-order chi connectivity index (χ1) is 17.1. The molecule has 36 heavy (non-hydrogen) atoms. The molecule has 0 saturated heterocycles. The number of sulfonamides is 1. The molecule has 0 fully saturated rings. The number of fused-ring (bicyclic) bond motifs is 1. The average Bonchev–Trinajstić information content (AvgIpc) is 3.05. The van der Waals surface area contributed by atoms with Gasteiger partial charge in [0.05, 0.1) is 5.56 Å². The molecule has 0 aliphatic carbocycles. The maximum atomic E-state index is 13.4. The van der Waals surface area contributed by atoms with E-state index >= 15 is 0 Å². The van der Waals surface area contributed by atoms with Crippen LogP contribution >= 0.6 is 11.6 Å². The highest BCUT2D eigenvalue weighted by atomic mass is 35.5. The van der Waals surface area contributed by atoms with Gasteiger partial charge in [0.25, 0.3) is 15.9 Å². The first-order valence-corrected chi connectivity index (χ1v) is 13.9. The van der Waals surface area contributed by atoms with Gasteiger partial charge in [0, 0.05) is 30.6 Å². The Bertz CT molecular complexity index is 1220. The van der Waals surface area contributed by atoms with Crippen LogP contribution < -0.4 is 5.32 Å². The van der Waals surface area contributed by atoms with Crippen molar-refractivity contribution in [3.63, 3.8) is 0 Å². The van der Waals surface area contributed by atoms with E-state index in [9.17, 15) is 22.8 Å². The minimum Gasteiger partial charge on any atom is -0.352 e. The second kappa shape index (κ2) is 11.9. The monoisotopic (exact) mass is 533 g/mol. The van der Waals surface area contributed by atoms with Crippen LogP contribution in [0.25, 0.3) is 0 Å². The van der Waals surface area contributed by atoms with Gasteiger partial charge in [-0.1, -0.05) is 49.7 Å². The number of rotatable bonds is 11. The van der Waals surface area contributed by atoms with E-state index in [0.29, 0.717) is 11.4 Å². The lowest BCUT2D eigenvalue weighted by atomic mass is 10.1. The number of amides is 3. The molecule has 1 aliphatic heterocycles. The van der Waals surface area contributed by atoms with E-state index in [2.05, 4.69) is 5.32 Å². The van der Waals surface area contributed by atoms with Crippen molar-refractivity contribution in [1.29, 1.82) is 0 Å².